The molecular weight excluding hydrogens is 446 g/mol. The number of carbonyl (C=O) groups is 2. The molecule has 0 spiro atoms. The lowest BCUT2D eigenvalue weighted by molar-refractivity contribution is -0.121. The van der Waals surface area contributed by atoms with Crippen LogP contribution in [0.25, 0.3) is 21.8 Å². The summed E-state index contributed by atoms with van der Waals surface area (Å²) in [6, 6.07) is 31.0. The maximum Gasteiger partial charge on any atom is 0.254 e. The highest BCUT2D eigenvalue weighted by Crippen LogP contribution is 2.32. The first-order valence-corrected chi connectivity index (χ1v) is 12.4. The molecule has 1 aliphatic heterocycles. The number of para-hydroxylation sites is 1. The van der Waals surface area contributed by atoms with E-state index in [4.69, 9.17) is 0 Å². The fourth-order valence-corrected chi connectivity index (χ4v) is 5.41. The lowest BCUT2D eigenvalue weighted by Crippen LogP contribution is -2.50. The second-order valence-corrected chi connectivity index (χ2v) is 9.27. The van der Waals surface area contributed by atoms with Gasteiger partial charge in [-0.05, 0) is 54.4 Å². The molecule has 2 amide bonds. The highest BCUT2D eigenvalue weighted by molar-refractivity contribution is 6.10. The number of amides is 2. The number of hydrogen-bond acceptors (Lipinski definition) is 2. The number of anilines is 1. The van der Waals surface area contributed by atoms with Crippen molar-refractivity contribution in [2.24, 2.45) is 0 Å². The summed E-state index contributed by atoms with van der Waals surface area (Å²) in [5.74, 6) is -0.306. The van der Waals surface area contributed by atoms with Crippen molar-refractivity contribution in [2.75, 3.05) is 5.32 Å². The number of fused-ring (bicyclic) bond motifs is 4. The summed E-state index contributed by atoms with van der Waals surface area (Å²) in [4.78, 5) is 28.9. The van der Waals surface area contributed by atoms with E-state index in [1.165, 1.54) is 5.52 Å². The minimum Gasteiger partial charge on any atom is -0.341 e. The van der Waals surface area contributed by atoms with E-state index in [1.54, 1.807) is 17.0 Å². The second-order valence-electron chi connectivity index (χ2n) is 9.27. The normalized spacial score (nSPS) is 15.1. The first-order valence-electron chi connectivity index (χ1n) is 12.4. The molecule has 1 atom stereocenters. The summed E-state index contributed by atoms with van der Waals surface area (Å²) in [5, 5.41) is 5.39. The van der Waals surface area contributed by atoms with Crippen molar-refractivity contribution in [3.05, 3.63) is 114 Å². The van der Waals surface area contributed by atoms with E-state index in [1.807, 2.05) is 60.7 Å². The molecule has 0 aliphatic carbocycles. The van der Waals surface area contributed by atoms with Crippen molar-refractivity contribution in [2.45, 2.75) is 32.5 Å². The minimum absolute atomic E-state index is 0.133. The van der Waals surface area contributed by atoms with Gasteiger partial charge in [0, 0.05) is 52.6 Å². The minimum atomic E-state index is -0.597. The van der Waals surface area contributed by atoms with E-state index in [0.29, 0.717) is 18.5 Å². The van der Waals surface area contributed by atoms with Gasteiger partial charge in [0.25, 0.3) is 5.91 Å². The molecule has 5 aromatic rings. The zero-order valence-electron chi connectivity index (χ0n) is 20.1. The molecule has 4 aromatic carbocycles. The van der Waals surface area contributed by atoms with Gasteiger partial charge in [0.05, 0.1) is 0 Å². The van der Waals surface area contributed by atoms with E-state index >= 15 is 0 Å². The first-order chi connectivity index (χ1) is 17.6. The summed E-state index contributed by atoms with van der Waals surface area (Å²) in [6.07, 6.45) is 0.484. The lowest BCUT2D eigenvalue weighted by atomic mass is 9.92. The van der Waals surface area contributed by atoms with Crippen molar-refractivity contribution in [3.63, 3.8) is 0 Å². The molecule has 0 radical (unpaired) electrons. The van der Waals surface area contributed by atoms with Crippen LogP contribution in [-0.2, 0) is 24.3 Å². The molecule has 0 bridgehead atoms. The van der Waals surface area contributed by atoms with Gasteiger partial charge in [0.1, 0.15) is 6.04 Å². The largest absolute Gasteiger partial charge is 0.341 e. The maximum absolute atomic E-state index is 13.7. The predicted octanol–water partition coefficient (Wildman–Crippen LogP) is 6.02. The third-order valence-corrected chi connectivity index (χ3v) is 7.19. The van der Waals surface area contributed by atoms with Gasteiger partial charge < -0.3 is 14.8 Å². The van der Waals surface area contributed by atoms with Crippen molar-refractivity contribution >= 4 is 39.3 Å². The van der Waals surface area contributed by atoms with Gasteiger partial charge in [-0.15, -0.1) is 0 Å². The quantitative estimate of drug-likeness (QED) is 0.347. The van der Waals surface area contributed by atoms with Crippen LogP contribution in [0.4, 0.5) is 5.69 Å². The Hall–Kier alpha value is -4.38. The Morgan fingerprint density at radius 1 is 0.806 bits per heavy atom. The fourth-order valence-electron chi connectivity index (χ4n) is 5.41. The number of aromatic nitrogens is 1. The van der Waals surface area contributed by atoms with Crippen molar-refractivity contribution < 1.29 is 9.59 Å². The molecule has 178 valence electrons. The zero-order valence-corrected chi connectivity index (χ0v) is 20.1. The Morgan fingerprint density at radius 3 is 2.31 bits per heavy atom. The van der Waals surface area contributed by atoms with E-state index in [9.17, 15) is 9.59 Å². The fraction of sp³-hybridized carbons (Fsp3) is 0.161. The first kappa shape index (κ1) is 22.1. The van der Waals surface area contributed by atoms with E-state index in [2.05, 4.69) is 41.1 Å². The standard InChI is InChI=1S/C31H27N3O2/c1-2-33-27-15-9-8-14-25(27)26-19-24(16-17-28(26)33)32-30(35)29-18-22-12-6-7-13-23(22)20-34(29)31(36)21-10-4-3-5-11-21/h3-17,19,29H,2,18,20H2,1H3,(H,32,35). The number of carbonyl (C=O) groups excluding carboxylic acids is 2. The Morgan fingerprint density at radius 2 is 1.50 bits per heavy atom. The third kappa shape index (κ3) is 3.73. The Kier molecular flexibility index (Phi) is 5.53. The Bertz CT molecular complexity index is 1600. The summed E-state index contributed by atoms with van der Waals surface area (Å²) in [7, 11) is 0. The van der Waals surface area contributed by atoms with Crippen LogP contribution in [0.15, 0.2) is 97.1 Å². The number of benzene rings is 4. The van der Waals surface area contributed by atoms with Crippen LogP contribution >= 0.6 is 0 Å². The van der Waals surface area contributed by atoms with E-state index < -0.39 is 6.04 Å². The highest BCUT2D eigenvalue weighted by Gasteiger charge is 2.35. The van der Waals surface area contributed by atoms with Crippen LogP contribution in [0.3, 0.4) is 0 Å². The van der Waals surface area contributed by atoms with Crippen LogP contribution < -0.4 is 5.32 Å². The van der Waals surface area contributed by atoms with Crippen molar-refractivity contribution in [1.29, 1.82) is 0 Å². The van der Waals surface area contributed by atoms with Crippen LogP contribution in [0.2, 0.25) is 0 Å². The van der Waals surface area contributed by atoms with Gasteiger partial charge in [0.2, 0.25) is 5.91 Å². The summed E-state index contributed by atoms with van der Waals surface area (Å²) in [5.41, 5.74) is 5.84. The average molecular weight is 474 g/mol. The monoisotopic (exact) mass is 473 g/mol. The van der Waals surface area contributed by atoms with E-state index in [-0.39, 0.29) is 11.8 Å². The molecule has 0 fully saturated rings. The van der Waals surface area contributed by atoms with Crippen molar-refractivity contribution in [1.82, 2.24) is 9.47 Å². The number of rotatable bonds is 4. The molecule has 5 heteroatoms. The molecule has 5 nitrogen and oxygen atoms in total. The van der Waals surface area contributed by atoms with Gasteiger partial charge in [-0.25, -0.2) is 0 Å². The van der Waals surface area contributed by atoms with Crippen LogP contribution in [-0.4, -0.2) is 27.3 Å². The van der Waals surface area contributed by atoms with Gasteiger partial charge in [-0.1, -0.05) is 60.7 Å². The third-order valence-electron chi connectivity index (χ3n) is 7.19. The molecule has 1 unspecified atom stereocenters. The number of nitrogens with zero attached hydrogens (tertiary/aromatic N) is 2. The van der Waals surface area contributed by atoms with Gasteiger partial charge in [0.15, 0.2) is 0 Å². The lowest BCUT2D eigenvalue weighted by Gasteiger charge is -2.36. The number of aryl methyl sites for hydroxylation is 1. The summed E-state index contributed by atoms with van der Waals surface area (Å²) < 4.78 is 2.29. The van der Waals surface area contributed by atoms with Gasteiger partial charge in [-0.3, -0.25) is 9.59 Å². The topological polar surface area (TPSA) is 54.3 Å². The van der Waals surface area contributed by atoms with Crippen LogP contribution in [0.5, 0.6) is 0 Å². The molecule has 2 heterocycles. The van der Waals surface area contributed by atoms with Crippen LogP contribution in [0.1, 0.15) is 28.4 Å². The molecule has 6 rings (SSSR count). The maximum atomic E-state index is 13.7. The van der Waals surface area contributed by atoms with Gasteiger partial charge in [-0.2, -0.15) is 0 Å². The smallest absolute Gasteiger partial charge is 0.254 e. The van der Waals surface area contributed by atoms with Crippen LogP contribution in [0, 0.1) is 0 Å². The van der Waals surface area contributed by atoms with E-state index in [0.717, 1.165) is 39.6 Å². The molecule has 36 heavy (non-hydrogen) atoms. The second kappa shape index (κ2) is 9.00. The van der Waals surface area contributed by atoms with Crippen molar-refractivity contribution in [3.8, 4) is 0 Å². The molecule has 1 aliphatic rings. The molecule has 1 N–H and O–H groups in total. The van der Waals surface area contributed by atoms with Gasteiger partial charge >= 0.3 is 0 Å². The molecule has 0 saturated carbocycles. The average Bonchev–Trinajstić information content (AvgIpc) is 3.25. The summed E-state index contributed by atoms with van der Waals surface area (Å²) >= 11 is 0. The number of hydrogen-bond donors (Lipinski definition) is 1. The zero-order chi connectivity index (χ0) is 24.6. The number of nitrogens with one attached hydrogen (secondary N) is 1. The molecule has 0 saturated heterocycles. The highest BCUT2D eigenvalue weighted by atomic mass is 16.2. The predicted molar refractivity (Wildman–Crippen MR) is 144 cm³/mol. The Labute approximate surface area is 210 Å². The Balaban J connectivity index is 1.35. The SMILES string of the molecule is CCn1c2ccccc2c2cc(NC(=O)C3Cc4ccccc4CN3C(=O)c3ccccc3)ccc21. The molecular formula is C31H27N3O2. The molecule has 1 aromatic heterocycles. The summed E-state index contributed by atoms with van der Waals surface area (Å²) in [6.45, 7) is 3.42.